The van der Waals surface area contributed by atoms with Gasteiger partial charge in [-0.05, 0) is 49.2 Å². The molecule has 2 aromatic carbocycles. The molecule has 0 atom stereocenters. The van der Waals surface area contributed by atoms with Gasteiger partial charge in [-0.3, -0.25) is 19.6 Å². The van der Waals surface area contributed by atoms with E-state index in [2.05, 4.69) is 10.0 Å². The Labute approximate surface area is 155 Å². The van der Waals surface area contributed by atoms with Gasteiger partial charge >= 0.3 is 0 Å². The highest BCUT2D eigenvalue weighted by Gasteiger charge is 2.22. The van der Waals surface area contributed by atoms with E-state index in [4.69, 9.17) is 11.6 Å². The molecule has 138 valence electrons. The van der Waals surface area contributed by atoms with Crippen molar-refractivity contribution in [3.8, 4) is 0 Å². The summed E-state index contributed by atoms with van der Waals surface area (Å²) in [4.78, 5) is 21.5. The van der Waals surface area contributed by atoms with E-state index in [0.717, 1.165) is 6.07 Å². The third-order valence-electron chi connectivity index (χ3n) is 3.44. The molecule has 0 heterocycles. The summed E-state index contributed by atoms with van der Waals surface area (Å²) in [6.45, 7) is 4.54. The lowest BCUT2D eigenvalue weighted by Crippen LogP contribution is -2.16. The van der Waals surface area contributed by atoms with E-state index in [9.17, 15) is 23.3 Å². The number of hydrogen-bond donors (Lipinski definition) is 2. The summed E-state index contributed by atoms with van der Waals surface area (Å²) in [5, 5.41) is 13.5. The number of carbonyl (C=O) groups excluding carboxylic acids is 1. The summed E-state index contributed by atoms with van der Waals surface area (Å²) >= 11 is 5.74. The molecule has 0 spiro atoms. The van der Waals surface area contributed by atoms with Gasteiger partial charge in [-0.1, -0.05) is 11.6 Å². The van der Waals surface area contributed by atoms with Gasteiger partial charge < -0.3 is 5.32 Å². The molecule has 2 aromatic rings. The van der Waals surface area contributed by atoms with Crippen LogP contribution in [0.25, 0.3) is 0 Å². The van der Waals surface area contributed by atoms with Gasteiger partial charge in [0.25, 0.3) is 15.7 Å². The lowest BCUT2D eigenvalue weighted by atomic mass is 10.1. The van der Waals surface area contributed by atoms with Crippen LogP contribution < -0.4 is 10.0 Å². The SMILES string of the molecule is CC(=O)Nc1cc(C)c(S(=O)(=O)Nc2ccc(Cl)c([N+](=O)[O-])c2)c(C)c1. The maximum Gasteiger partial charge on any atom is 0.289 e. The molecular formula is C16H16ClN3O5S. The van der Waals surface area contributed by atoms with Crippen LogP contribution in [0.3, 0.4) is 0 Å². The van der Waals surface area contributed by atoms with Gasteiger partial charge in [0.2, 0.25) is 5.91 Å². The number of benzene rings is 2. The van der Waals surface area contributed by atoms with Gasteiger partial charge in [-0.25, -0.2) is 8.42 Å². The molecule has 0 radical (unpaired) electrons. The van der Waals surface area contributed by atoms with E-state index >= 15 is 0 Å². The van der Waals surface area contributed by atoms with Crippen LogP contribution in [0.4, 0.5) is 17.1 Å². The van der Waals surface area contributed by atoms with Crippen molar-refractivity contribution in [2.24, 2.45) is 0 Å². The zero-order valence-electron chi connectivity index (χ0n) is 14.2. The molecule has 10 heteroatoms. The summed E-state index contributed by atoms with van der Waals surface area (Å²) in [5.41, 5.74) is 0.940. The lowest BCUT2D eigenvalue weighted by Gasteiger charge is -2.15. The van der Waals surface area contributed by atoms with Crippen molar-refractivity contribution >= 4 is 44.6 Å². The maximum atomic E-state index is 12.7. The number of rotatable bonds is 5. The molecular weight excluding hydrogens is 382 g/mol. The second-order valence-electron chi connectivity index (χ2n) is 5.65. The number of carbonyl (C=O) groups is 1. The van der Waals surface area contributed by atoms with Crippen LogP contribution in [0, 0.1) is 24.0 Å². The van der Waals surface area contributed by atoms with E-state index in [1.165, 1.54) is 31.2 Å². The molecule has 0 aliphatic heterocycles. The third kappa shape index (κ3) is 4.30. The number of nitro groups is 1. The van der Waals surface area contributed by atoms with E-state index < -0.39 is 20.6 Å². The quantitative estimate of drug-likeness (QED) is 0.589. The summed E-state index contributed by atoms with van der Waals surface area (Å²) in [6.07, 6.45) is 0. The van der Waals surface area contributed by atoms with Gasteiger partial charge in [0.05, 0.1) is 15.5 Å². The number of hydrogen-bond acceptors (Lipinski definition) is 5. The highest BCUT2D eigenvalue weighted by molar-refractivity contribution is 7.92. The molecule has 0 aliphatic carbocycles. The van der Waals surface area contributed by atoms with Gasteiger partial charge in [0.1, 0.15) is 5.02 Å². The second kappa shape index (κ2) is 7.30. The van der Waals surface area contributed by atoms with E-state index in [-0.39, 0.29) is 21.5 Å². The Morgan fingerprint density at radius 3 is 2.19 bits per heavy atom. The number of halogens is 1. The minimum absolute atomic E-state index is 0.0193. The monoisotopic (exact) mass is 397 g/mol. The Morgan fingerprint density at radius 2 is 1.69 bits per heavy atom. The Hall–Kier alpha value is -2.65. The van der Waals surface area contributed by atoms with Crippen LogP contribution in [-0.2, 0) is 14.8 Å². The average molecular weight is 398 g/mol. The second-order valence-corrected chi connectivity index (χ2v) is 7.68. The molecule has 0 saturated heterocycles. The first-order chi connectivity index (χ1) is 12.0. The number of nitro benzene ring substituents is 1. The molecule has 8 nitrogen and oxygen atoms in total. The van der Waals surface area contributed by atoms with Crippen LogP contribution >= 0.6 is 11.6 Å². The number of nitrogens with one attached hydrogen (secondary N) is 2. The number of nitrogens with zero attached hydrogens (tertiary/aromatic N) is 1. The highest BCUT2D eigenvalue weighted by Crippen LogP contribution is 2.30. The molecule has 0 saturated carbocycles. The Bertz CT molecular complexity index is 982. The van der Waals surface area contributed by atoms with Crippen molar-refractivity contribution in [1.29, 1.82) is 0 Å². The molecule has 26 heavy (non-hydrogen) atoms. The topological polar surface area (TPSA) is 118 Å². The third-order valence-corrected chi connectivity index (χ3v) is 5.45. The predicted octanol–water partition coefficient (Wildman–Crippen LogP) is 3.62. The van der Waals surface area contributed by atoms with Crippen LogP contribution in [0.15, 0.2) is 35.2 Å². The van der Waals surface area contributed by atoms with Crippen LogP contribution in [0.2, 0.25) is 5.02 Å². The van der Waals surface area contributed by atoms with Crippen molar-refractivity contribution in [1.82, 2.24) is 0 Å². The van der Waals surface area contributed by atoms with Crippen molar-refractivity contribution < 1.29 is 18.1 Å². The number of aryl methyl sites for hydroxylation is 2. The molecule has 0 fully saturated rings. The molecule has 0 unspecified atom stereocenters. The Kier molecular flexibility index (Phi) is 5.53. The van der Waals surface area contributed by atoms with Crippen LogP contribution in [-0.4, -0.2) is 19.2 Å². The Morgan fingerprint density at radius 1 is 1.12 bits per heavy atom. The van der Waals surface area contributed by atoms with Gasteiger partial charge in [0, 0.05) is 18.7 Å². The van der Waals surface area contributed by atoms with Crippen molar-refractivity contribution in [2.75, 3.05) is 10.0 Å². The summed E-state index contributed by atoms with van der Waals surface area (Å²) in [5.74, 6) is -0.272. The Balaban J connectivity index is 2.44. The smallest absolute Gasteiger partial charge is 0.289 e. The highest BCUT2D eigenvalue weighted by atomic mass is 35.5. The first kappa shape index (κ1) is 19.7. The normalized spacial score (nSPS) is 11.1. The van der Waals surface area contributed by atoms with Crippen molar-refractivity contribution in [3.63, 3.8) is 0 Å². The van der Waals surface area contributed by atoms with Crippen LogP contribution in [0.5, 0.6) is 0 Å². The molecule has 2 N–H and O–H groups in total. The summed E-state index contributed by atoms with van der Waals surface area (Å²) < 4.78 is 27.8. The molecule has 0 aliphatic rings. The average Bonchev–Trinajstić information content (AvgIpc) is 2.46. The molecule has 0 bridgehead atoms. The maximum absolute atomic E-state index is 12.7. The zero-order valence-corrected chi connectivity index (χ0v) is 15.7. The van der Waals surface area contributed by atoms with Gasteiger partial charge in [0.15, 0.2) is 0 Å². The molecule has 1 amide bonds. The number of anilines is 2. The molecule has 2 rings (SSSR count). The minimum atomic E-state index is -4.00. The van der Waals surface area contributed by atoms with E-state index in [1.807, 2.05) is 0 Å². The van der Waals surface area contributed by atoms with E-state index in [1.54, 1.807) is 13.8 Å². The summed E-state index contributed by atoms with van der Waals surface area (Å²) in [7, 11) is -4.00. The first-order valence-electron chi connectivity index (χ1n) is 7.37. The van der Waals surface area contributed by atoms with E-state index in [0.29, 0.717) is 16.8 Å². The lowest BCUT2D eigenvalue weighted by molar-refractivity contribution is -0.384. The fourth-order valence-corrected chi connectivity index (χ4v) is 4.26. The minimum Gasteiger partial charge on any atom is -0.326 e. The number of sulfonamides is 1. The van der Waals surface area contributed by atoms with Gasteiger partial charge in [-0.15, -0.1) is 0 Å². The van der Waals surface area contributed by atoms with Crippen molar-refractivity contribution in [3.05, 3.63) is 56.6 Å². The zero-order chi connectivity index (χ0) is 19.6. The van der Waals surface area contributed by atoms with Crippen molar-refractivity contribution in [2.45, 2.75) is 25.7 Å². The van der Waals surface area contributed by atoms with Crippen LogP contribution in [0.1, 0.15) is 18.1 Å². The fourth-order valence-electron chi connectivity index (χ4n) is 2.57. The number of amides is 1. The van der Waals surface area contributed by atoms with Gasteiger partial charge in [-0.2, -0.15) is 0 Å². The summed E-state index contributed by atoms with van der Waals surface area (Å²) in [6, 6.07) is 6.71. The predicted molar refractivity (Wildman–Crippen MR) is 99.1 cm³/mol. The first-order valence-corrected chi connectivity index (χ1v) is 9.23. The molecule has 0 aromatic heterocycles. The largest absolute Gasteiger partial charge is 0.326 e. The fraction of sp³-hybridized carbons (Fsp3) is 0.188. The standard InChI is InChI=1S/C16H16ClN3O5S/c1-9-6-13(18-11(3)21)7-10(2)16(9)26(24,25)19-12-4-5-14(17)15(8-12)20(22)23/h4-8,19H,1-3H3,(H,18,21).